The minimum absolute atomic E-state index is 0.271. The maximum atomic E-state index is 6.32. The van der Waals surface area contributed by atoms with Gasteiger partial charge in [0.2, 0.25) is 0 Å². The van der Waals surface area contributed by atoms with Crippen LogP contribution in [0, 0.1) is 11.3 Å². The van der Waals surface area contributed by atoms with Gasteiger partial charge < -0.3 is 5.73 Å². The van der Waals surface area contributed by atoms with E-state index in [4.69, 9.17) is 5.73 Å². The molecule has 0 radical (unpaired) electrons. The van der Waals surface area contributed by atoms with Crippen LogP contribution >= 0.6 is 0 Å². The fourth-order valence-corrected chi connectivity index (χ4v) is 5.48. The Kier molecular flexibility index (Phi) is 3.89. The first-order chi connectivity index (χ1) is 9.47. The van der Waals surface area contributed by atoms with Gasteiger partial charge >= 0.3 is 0 Å². The molecule has 116 valence electrons. The highest BCUT2D eigenvalue weighted by Gasteiger charge is 2.52. The monoisotopic (exact) mass is 279 g/mol. The zero-order chi connectivity index (χ0) is 14.4. The quantitative estimate of drug-likeness (QED) is 0.842. The first kappa shape index (κ1) is 14.8. The zero-order valence-electron chi connectivity index (χ0n) is 13.7. The zero-order valence-corrected chi connectivity index (χ0v) is 13.7. The van der Waals surface area contributed by atoms with E-state index in [0.717, 1.165) is 18.5 Å². The number of nitrogens with two attached hydrogens (primary N) is 1. The van der Waals surface area contributed by atoms with Gasteiger partial charge in [-0.15, -0.1) is 0 Å². The molecule has 3 atom stereocenters. The van der Waals surface area contributed by atoms with E-state index in [2.05, 4.69) is 30.6 Å². The van der Waals surface area contributed by atoms with E-state index in [-0.39, 0.29) is 5.54 Å². The first-order valence-corrected chi connectivity index (χ1v) is 8.66. The molecule has 0 bridgehead atoms. The van der Waals surface area contributed by atoms with E-state index in [0.29, 0.717) is 5.41 Å². The number of hydrogen-bond acceptors (Lipinski definition) is 3. The molecule has 3 unspecified atom stereocenters. The molecule has 3 aliphatic rings. The molecular weight excluding hydrogens is 246 g/mol. The van der Waals surface area contributed by atoms with Crippen LogP contribution in [0.15, 0.2) is 0 Å². The van der Waals surface area contributed by atoms with Gasteiger partial charge in [0.05, 0.1) is 0 Å². The van der Waals surface area contributed by atoms with Crippen LogP contribution in [0.2, 0.25) is 0 Å². The van der Waals surface area contributed by atoms with Crippen LogP contribution < -0.4 is 5.73 Å². The molecule has 0 spiro atoms. The van der Waals surface area contributed by atoms with E-state index < -0.39 is 0 Å². The van der Waals surface area contributed by atoms with Crippen LogP contribution in [0.1, 0.15) is 52.9 Å². The van der Waals surface area contributed by atoms with E-state index >= 15 is 0 Å². The highest BCUT2D eigenvalue weighted by atomic mass is 15.3. The summed E-state index contributed by atoms with van der Waals surface area (Å²) in [6.45, 7) is 13.2. The lowest BCUT2D eigenvalue weighted by molar-refractivity contribution is -0.0264. The van der Waals surface area contributed by atoms with Gasteiger partial charge in [0, 0.05) is 37.8 Å². The lowest BCUT2D eigenvalue weighted by atomic mass is 9.83. The fraction of sp³-hybridized carbons (Fsp3) is 1.00. The van der Waals surface area contributed by atoms with Crippen molar-refractivity contribution in [3.05, 3.63) is 0 Å². The highest BCUT2D eigenvalue weighted by Crippen LogP contribution is 2.50. The van der Waals surface area contributed by atoms with Gasteiger partial charge in [-0.05, 0) is 43.6 Å². The number of piperazine rings is 1. The number of hydrogen-bond donors (Lipinski definition) is 1. The second-order valence-corrected chi connectivity index (χ2v) is 8.39. The Bertz CT molecular complexity index is 354. The third-order valence-electron chi connectivity index (χ3n) is 6.38. The summed E-state index contributed by atoms with van der Waals surface area (Å²) in [6.07, 6.45) is 6.84. The molecule has 20 heavy (non-hydrogen) atoms. The Hall–Kier alpha value is -0.120. The lowest BCUT2D eigenvalue weighted by Gasteiger charge is -2.52. The normalized spacial score (nSPS) is 42.6. The average Bonchev–Trinajstić information content (AvgIpc) is 2.68. The van der Waals surface area contributed by atoms with Gasteiger partial charge in [-0.25, -0.2) is 0 Å². The van der Waals surface area contributed by atoms with Crippen molar-refractivity contribution in [2.75, 3.05) is 32.7 Å². The van der Waals surface area contributed by atoms with Crippen molar-refractivity contribution in [1.82, 2.24) is 9.80 Å². The molecule has 0 aromatic rings. The Morgan fingerprint density at radius 2 is 1.95 bits per heavy atom. The molecule has 0 aromatic heterocycles. The van der Waals surface area contributed by atoms with Crippen LogP contribution in [0.3, 0.4) is 0 Å². The maximum absolute atomic E-state index is 6.32. The van der Waals surface area contributed by atoms with Crippen LogP contribution in [0.4, 0.5) is 0 Å². The van der Waals surface area contributed by atoms with Crippen molar-refractivity contribution < 1.29 is 0 Å². The third-order valence-corrected chi connectivity index (χ3v) is 6.38. The molecule has 1 aliphatic carbocycles. The van der Waals surface area contributed by atoms with Gasteiger partial charge in [0.15, 0.2) is 0 Å². The Labute approximate surface area is 124 Å². The number of fused-ring (bicyclic) bond motifs is 1. The summed E-state index contributed by atoms with van der Waals surface area (Å²) in [5, 5.41) is 0. The van der Waals surface area contributed by atoms with Crippen molar-refractivity contribution in [1.29, 1.82) is 0 Å². The molecule has 2 aliphatic heterocycles. The van der Waals surface area contributed by atoms with Crippen LogP contribution in [0.25, 0.3) is 0 Å². The van der Waals surface area contributed by atoms with E-state index in [1.54, 1.807) is 0 Å². The van der Waals surface area contributed by atoms with Crippen LogP contribution in [-0.4, -0.2) is 54.1 Å². The molecule has 3 heteroatoms. The largest absolute Gasteiger partial charge is 0.329 e. The van der Waals surface area contributed by atoms with Gasteiger partial charge in [0.25, 0.3) is 0 Å². The predicted molar refractivity (Wildman–Crippen MR) is 84.7 cm³/mol. The second kappa shape index (κ2) is 5.26. The molecule has 2 heterocycles. The Balaban J connectivity index is 1.77. The molecular formula is C17H33N3. The topological polar surface area (TPSA) is 32.5 Å². The summed E-state index contributed by atoms with van der Waals surface area (Å²) in [5.41, 5.74) is 7.06. The highest BCUT2D eigenvalue weighted by molar-refractivity contribution is 5.08. The SMILES string of the molecule is CC1CC(C)(C)CC1(CN)N1CCN2CCCCC2C1. The van der Waals surface area contributed by atoms with Gasteiger partial charge in [-0.2, -0.15) is 0 Å². The van der Waals surface area contributed by atoms with E-state index in [9.17, 15) is 0 Å². The molecule has 1 saturated carbocycles. The minimum Gasteiger partial charge on any atom is -0.329 e. The second-order valence-electron chi connectivity index (χ2n) is 8.39. The summed E-state index contributed by atoms with van der Waals surface area (Å²) in [5.74, 6) is 0.734. The average molecular weight is 279 g/mol. The Morgan fingerprint density at radius 3 is 2.60 bits per heavy atom. The molecule has 3 rings (SSSR count). The van der Waals surface area contributed by atoms with Gasteiger partial charge in [0.1, 0.15) is 0 Å². The van der Waals surface area contributed by atoms with Crippen LogP contribution in [0.5, 0.6) is 0 Å². The predicted octanol–water partition coefficient (Wildman–Crippen LogP) is 2.31. The minimum atomic E-state index is 0.271. The van der Waals surface area contributed by atoms with Crippen molar-refractivity contribution in [2.45, 2.75) is 64.5 Å². The van der Waals surface area contributed by atoms with Crippen molar-refractivity contribution >= 4 is 0 Å². The lowest BCUT2D eigenvalue weighted by Crippen LogP contribution is -2.65. The molecule has 2 saturated heterocycles. The van der Waals surface area contributed by atoms with Crippen molar-refractivity contribution in [3.63, 3.8) is 0 Å². The van der Waals surface area contributed by atoms with E-state index in [1.807, 2.05) is 0 Å². The van der Waals surface area contributed by atoms with Gasteiger partial charge in [-0.3, -0.25) is 9.80 Å². The standard InChI is InChI=1S/C17H33N3/c1-14-10-16(2,3)12-17(14,13-18)20-9-8-19-7-5-4-6-15(19)11-20/h14-15H,4-13,18H2,1-3H3. The molecule has 3 fully saturated rings. The summed E-state index contributed by atoms with van der Waals surface area (Å²) in [7, 11) is 0. The molecule has 0 aromatic carbocycles. The van der Waals surface area contributed by atoms with Gasteiger partial charge in [-0.1, -0.05) is 27.2 Å². The summed E-state index contributed by atoms with van der Waals surface area (Å²) < 4.78 is 0. The maximum Gasteiger partial charge on any atom is 0.0363 e. The fourth-order valence-electron chi connectivity index (χ4n) is 5.48. The number of nitrogens with zero attached hydrogens (tertiary/aromatic N) is 2. The first-order valence-electron chi connectivity index (χ1n) is 8.66. The van der Waals surface area contributed by atoms with E-state index in [1.165, 1.54) is 58.3 Å². The number of rotatable bonds is 2. The number of piperidine rings is 1. The summed E-state index contributed by atoms with van der Waals surface area (Å²) in [6, 6.07) is 0.803. The molecule has 3 nitrogen and oxygen atoms in total. The Morgan fingerprint density at radius 1 is 1.15 bits per heavy atom. The smallest absolute Gasteiger partial charge is 0.0363 e. The van der Waals surface area contributed by atoms with Crippen LogP contribution in [-0.2, 0) is 0 Å². The van der Waals surface area contributed by atoms with Crippen molar-refractivity contribution in [3.8, 4) is 0 Å². The molecule has 0 amide bonds. The third kappa shape index (κ3) is 2.42. The summed E-state index contributed by atoms with van der Waals surface area (Å²) >= 11 is 0. The molecule has 2 N–H and O–H groups in total. The van der Waals surface area contributed by atoms with Crippen molar-refractivity contribution in [2.24, 2.45) is 17.1 Å². The summed E-state index contributed by atoms with van der Waals surface area (Å²) in [4.78, 5) is 5.52.